The first-order valence-electron chi connectivity index (χ1n) is 6.69. The monoisotopic (exact) mass is 310 g/mol. The number of hydrogen-bond acceptors (Lipinski definition) is 4. The number of aliphatic hydroxyl groups excluding tert-OH is 1. The SMILES string of the molecule is CCn1cc(CC(O)c2cc(Cl)c(OC)c(OC)c2)cn1. The van der Waals surface area contributed by atoms with Crippen molar-refractivity contribution in [2.24, 2.45) is 0 Å². The summed E-state index contributed by atoms with van der Waals surface area (Å²) in [7, 11) is 3.06. The minimum absolute atomic E-state index is 0.412. The minimum atomic E-state index is -0.684. The molecule has 0 fully saturated rings. The Morgan fingerprint density at radius 1 is 1.33 bits per heavy atom. The smallest absolute Gasteiger partial charge is 0.179 e. The van der Waals surface area contributed by atoms with E-state index in [1.54, 1.807) is 18.3 Å². The van der Waals surface area contributed by atoms with Gasteiger partial charge in [0.2, 0.25) is 0 Å². The van der Waals surface area contributed by atoms with E-state index in [9.17, 15) is 5.11 Å². The Morgan fingerprint density at radius 3 is 2.67 bits per heavy atom. The predicted molar refractivity (Wildman–Crippen MR) is 81.1 cm³/mol. The van der Waals surface area contributed by atoms with E-state index in [4.69, 9.17) is 21.1 Å². The first kappa shape index (κ1) is 15.7. The van der Waals surface area contributed by atoms with Crippen LogP contribution in [-0.4, -0.2) is 29.1 Å². The van der Waals surface area contributed by atoms with Crippen LogP contribution in [0.4, 0.5) is 0 Å². The van der Waals surface area contributed by atoms with Crippen molar-refractivity contribution in [3.05, 3.63) is 40.7 Å². The lowest BCUT2D eigenvalue weighted by atomic mass is 10.0. The van der Waals surface area contributed by atoms with Gasteiger partial charge in [0, 0.05) is 19.2 Å². The van der Waals surface area contributed by atoms with Gasteiger partial charge in [0.05, 0.1) is 31.5 Å². The molecular formula is C15H19ClN2O3. The number of hydrogen-bond donors (Lipinski definition) is 1. The summed E-state index contributed by atoms with van der Waals surface area (Å²) in [6, 6.07) is 3.43. The largest absolute Gasteiger partial charge is 0.493 e. The highest BCUT2D eigenvalue weighted by atomic mass is 35.5. The standard InChI is InChI=1S/C15H19ClN2O3/c1-4-18-9-10(8-17-18)5-13(19)11-6-12(16)15(21-3)14(7-11)20-2/h6-9,13,19H,4-5H2,1-3H3. The molecular weight excluding hydrogens is 292 g/mol. The highest BCUT2D eigenvalue weighted by molar-refractivity contribution is 6.32. The maximum Gasteiger partial charge on any atom is 0.179 e. The van der Waals surface area contributed by atoms with Crippen LogP contribution in [0.3, 0.4) is 0 Å². The van der Waals surface area contributed by atoms with E-state index in [1.165, 1.54) is 14.2 Å². The summed E-state index contributed by atoms with van der Waals surface area (Å²) in [6.07, 6.45) is 3.46. The summed E-state index contributed by atoms with van der Waals surface area (Å²) in [5.74, 6) is 0.970. The number of nitrogens with zero attached hydrogens (tertiary/aromatic N) is 2. The van der Waals surface area contributed by atoms with Crippen LogP contribution in [0.15, 0.2) is 24.5 Å². The molecule has 6 heteroatoms. The number of aliphatic hydroxyl groups is 1. The molecule has 0 radical (unpaired) electrons. The van der Waals surface area contributed by atoms with Crippen LogP contribution in [0.2, 0.25) is 5.02 Å². The summed E-state index contributed by atoms with van der Waals surface area (Å²) in [5.41, 5.74) is 1.65. The lowest BCUT2D eigenvalue weighted by Crippen LogP contribution is -2.03. The van der Waals surface area contributed by atoms with E-state index in [0.29, 0.717) is 28.5 Å². The van der Waals surface area contributed by atoms with E-state index < -0.39 is 6.10 Å². The fraction of sp³-hybridized carbons (Fsp3) is 0.400. The van der Waals surface area contributed by atoms with Gasteiger partial charge in [-0.15, -0.1) is 0 Å². The third-order valence-electron chi connectivity index (χ3n) is 3.28. The van der Waals surface area contributed by atoms with Crippen LogP contribution in [-0.2, 0) is 13.0 Å². The van der Waals surface area contributed by atoms with Crippen molar-refractivity contribution < 1.29 is 14.6 Å². The van der Waals surface area contributed by atoms with Gasteiger partial charge < -0.3 is 14.6 Å². The van der Waals surface area contributed by atoms with Gasteiger partial charge in [-0.3, -0.25) is 4.68 Å². The highest BCUT2D eigenvalue weighted by Gasteiger charge is 2.16. The van der Waals surface area contributed by atoms with E-state index in [-0.39, 0.29) is 0 Å². The Labute approximate surface area is 129 Å². The van der Waals surface area contributed by atoms with Crippen molar-refractivity contribution in [2.45, 2.75) is 26.0 Å². The molecule has 0 aliphatic heterocycles. The van der Waals surface area contributed by atoms with Crippen molar-refractivity contribution in [1.82, 2.24) is 9.78 Å². The van der Waals surface area contributed by atoms with E-state index >= 15 is 0 Å². The van der Waals surface area contributed by atoms with Crippen LogP contribution >= 0.6 is 11.6 Å². The van der Waals surface area contributed by atoms with Crippen molar-refractivity contribution in [1.29, 1.82) is 0 Å². The van der Waals surface area contributed by atoms with Gasteiger partial charge in [0.25, 0.3) is 0 Å². The second-order valence-corrected chi connectivity index (χ2v) is 5.07. The molecule has 2 aromatic rings. The molecule has 0 bridgehead atoms. The van der Waals surface area contributed by atoms with Crippen LogP contribution in [0.5, 0.6) is 11.5 Å². The topological polar surface area (TPSA) is 56.5 Å². The molecule has 0 spiro atoms. The maximum absolute atomic E-state index is 10.4. The highest BCUT2D eigenvalue weighted by Crippen LogP contribution is 2.38. The van der Waals surface area contributed by atoms with Crippen LogP contribution in [0.25, 0.3) is 0 Å². The van der Waals surface area contributed by atoms with Crippen LogP contribution < -0.4 is 9.47 Å². The number of halogens is 1. The lowest BCUT2D eigenvalue weighted by molar-refractivity contribution is 0.178. The zero-order valence-electron chi connectivity index (χ0n) is 12.3. The third-order valence-corrected chi connectivity index (χ3v) is 3.56. The molecule has 21 heavy (non-hydrogen) atoms. The Balaban J connectivity index is 2.22. The number of rotatable bonds is 6. The summed E-state index contributed by atoms with van der Waals surface area (Å²) in [5, 5.41) is 15.0. The van der Waals surface area contributed by atoms with Gasteiger partial charge in [-0.25, -0.2) is 0 Å². The molecule has 5 nitrogen and oxygen atoms in total. The summed E-state index contributed by atoms with van der Waals surface area (Å²) in [6.45, 7) is 2.82. The van der Waals surface area contributed by atoms with Crippen molar-refractivity contribution in [2.75, 3.05) is 14.2 Å². The molecule has 2 rings (SSSR count). The van der Waals surface area contributed by atoms with Crippen LogP contribution in [0.1, 0.15) is 24.2 Å². The molecule has 1 aromatic heterocycles. The van der Waals surface area contributed by atoms with Gasteiger partial charge in [-0.2, -0.15) is 5.10 Å². The zero-order chi connectivity index (χ0) is 15.4. The van der Waals surface area contributed by atoms with Gasteiger partial charge in [0.15, 0.2) is 11.5 Å². The molecule has 1 heterocycles. The Morgan fingerprint density at radius 2 is 2.10 bits per heavy atom. The molecule has 1 unspecified atom stereocenters. The Hall–Kier alpha value is -1.72. The molecule has 0 amide bonds. The molecule has 0 saturated heterocycles. The van der Waals surface area contributed by atoms with Crippen molar-refractivity contribution in [3.63, 3.8) is 0 Å². The fourth-order valence-electron chi connectivity index (χ4n) is 2.16. The number of ether oxygens (including phenoxy) is 2. The lowest BCUT2D eigenvalue weighted by Gasteiger charge is -2.15. The van der Waals surface area contributed by atoms with Gasteiger partial charge in [-0.05, 0) is 30.2 Å². The van der Waals surface area contributed by atoms with Gasteiger partial charge >= 0.3 is 0 Å². The molecule has 0 aliphatic carbocycles. The first-order valence-corrected chi connectivity index (χ1v) is 7.07. The molecule has 0 saturated carbocycles. The maximum atomic E-state index is 10.4. The third kappa shape index (κ3) is 3.49. The van der Waals surface area contributed by atoms with Gasteiger partial charge in [-0.1, -0.05) is 11.6 Å². The van der Waals surface area contributed by atoms with Crippen molar-refractivity contribution in [3.8, 4) is 11.5 Å². The Kier molecular flexibility index (Phi) is 5.09. The summed E-state index contributed by atoms with van der Waals surface area (Å²) < 4.78 is 12.3. The molecule has 0 aliphatic rings. The van der Waals surface area contributed by atoms with E-state index in [2.05, 4.69) is 5.10 Å². The summed E-state index contributed by atoms with van der Waals surface area (Å²) >= 11 is 6.15. The molecule has 1 N–H and O–H groups in total. The summed E-state index contributed by atoms with van der Waals surface area (Å²) in [4.78, 5) is 0. The van der Waals surface area contributed by atoms with Gasteiger partial charge in [0.1, 0.15) is 0 Å². The number of aryl methyl sites for hydroxylation is 1. The number of benzene rings is 1. The van der Waals surface area contributed by atoms with Crippen molar-refractivity contribution >= 4 is 11.6 Å². The average Bonchev–Trinajstić information content (AvgIpc) is 2.93. The molecule has 114 valence electrons. The van der Waals surface area contributed by atoms with E-state index in [0.717, 1.165) is 12.1 Å². The number of aromatic nitrogens is 2. The second kappa shape index (κ2) is 6.83. The van der Waals surface area contributed by atoms with E-state index in [1.807, 2.05) is 17.8 Å². The average molecular weight is 311 g/mol. The molecule has 1 atom stereocenters. The second-order valence-electron chi connectivity index (χ2n) is 4.66. The first-order chi connectivity index (χ1) is 10.1. The fourth-order valence-corrected chi connectivity index (χ4v) is 2.45. The predicted octanol–water partition coefficient (Wildman–Crippen LogP) is 2.85. The van der Waals surface area contributed by atoms with Crippen LogP contribution in [0, 0.1) is 0 Å². The zero-order valence-corrected chi connectivity index (χ0v) is 13.1. The normalized spacial score (nSPS) is 12.2. The minimum Gasteiger partial charge on any atom is -0.493 e. The Bertz CT molecular complexity index is 613. The quantitative estimate of drug-likeness (QED) is 0.891. The molecule has 1 aromatic carbocycles. The number of methoxy groups -OCH3 is 2.